The molecule has 28 heavy (non-hydrogen) atoms. The van der Waals surface area contributed by atoms with Crippen LogP contribution in [0.1, 0.15) is 29.5 Å². The highest BCUT2D eigenvalue weighted by atomic mass is 79.9. The van der Waals surface area contributed by atoms with Crippen molar-refractivity contribution < 1.29 is 9.53 Å². The van der Waals surface area contributed by atoms with Crippen LogP contribution in [-0.4, -0.2) is 18.7 Å². The Bertz CT molecular complexity index is 1040. The maximum Gasteiger partial charge on any atom is 0.277 e. The molecule has 3 aromatic rings. The molecular weight excluding hydrogens is 416 g/mol. The van der Waals surface area contributed by atoms with Gasteiger partial charge in [0.2, 0.25) is 0 Å². The summed E-state index contributed by atoms with van der Waals surface area (Å²) in [5, 5.41) is 6.31. The number of rotatable bonds is 5. The smallest absolute Gasteiger partial charge is 0.277 e. The van der Waals surface area contributed by atoms with Gasteiger partial charge in [0, 0.05) is 5.56 Å². The molecule has 0 aromatic heterocycles. The molecule has 1 N–H and O–H groups in total. The van der Waals surface area contributed by atoms with Crippen LogP contribution in [0.5, 0.6) is 5.75 Å². The number of nitrogens with one attached hydrogen (secondary N) is 1. The molecule has 142 valence electrons. The second-order valence-corrected chi connectivity index (χ2v) is 7.67. The molecule has 4 nitrogen and oxygen atoms in total. The molecule has 0 spiro atoms. The molecule has 0 atom stereocenters. The molecule has 0 radical (unpaired) electrons. The van der Waals surface area contributed by atoms with E-state index in [-0.39, 0.29) is 12.5 Å². The average Bonchev–Trinajstić information content (AvgIpc) is 2.74. The summed E-state index contributed by atoms with van der Waals surface area (Å²) < 4.78 is 6.67. The summed E-state index contributed by atoms with van der Waals surface area (Å²) >= 11 is 3.64. The van der Waals surface area contributed by atoms with E-state index in [1.54, 1.807) is 6.21 Å². The predicted molar refractivity (Wildman–Crippen MR) is 116 cm³/mol. The Hall–Kier alpha value is -2.66. The molecule has 0 bridgehead atoms. The Morgan fingerprint density at radius 1 is 1.07 bits per heavy atom. The van der Waals surface area contributed by atoms with Gasteiger partial charge in [-0.25, -0.2) is 5.43 Å². The maximum atomic E-state index is 12.1. The molecule has 0 saturated carbocycles. The first-order valence-corrected chi connectivity index (χ1v) is 10.2. The van der Waals surface area contributed by atoms with E-state index in [1.165, 1.54) is 24.0 Å². The first kappa shape index (κ1) is 18.7. The molecule has 0 heterocycles. The Balaban J connectivity index is 1.37. The van der Waals surface area contributed by atoms with Crippen LogP contribution in [0.15, 0.2) is 64.2 Å². The molecule has 4 rings (SSSR count). The number of fused-ring (bicyclic) bond motifs is 2. The average molecular weight is 437 g/mol. The topological polar surface area (TPSA) is 50.7 Å². The maximum absolute atomic E-state index is 12.1. The van der Waals surface area contributed by atoms with Gasteiger partial charge in [-0.15, -0.1) is 0 Å². The Morgan fingerprint density at radius 3 is 2.82 bits per heavy atom. The normalized spacial score (nSPS) is 13.5. The van der Waals surface area contributed by atoms with E-state index >= 15 is 0 Å². The standard InChI is InChI=1S/C23H21BrN2O2/c24-23-20-11-4-2-7-17(20)12-13-21(23)28-15-22(27)26-25-14-18-9-5-8-16-6-1-3-10-19(16)18/h1,3,5-6,8-10,12-14H,2,4,7,11,15H2,(H,26,27)/b25-14-. The lowest BCUT2D eigenvalue weighted by Gasteiger charge is -2.19. The number of benzene rings is 3. The van der Waals surface area contributed by atoms with E-state index in [4.69, 9.17) is 4.74 Å². The lowest BCUT2D eigenvalue weighted by atomic mass is 9.92. The number of carbonyl (C=O) groups is 1. The van der Waals surface area contributed by atoms with Crippen LogP contribution < -0.4 is 10.2 Å². The number of nitrogens with zero attached hydrogens (tertiary/aromatic N) is 1. The highest BCUT2D eigenvalue weighted by molar-refractivity contribution is 9.10. The number of amides is 1. The van der Waals surface area contributed by atoms with Gasteiger partial charge in [-0.2, -0.15) is 5.10 Å². The fraction of sp³-hybridized carbons (Fsp3) is 0.217. The predicted octanol–water partition coefficient (Wildman–Crippen LogP) is 5.01. The number of carbonyl (C=O) groups excluding carboxylic acids is 1. The van der Waals surface area contributed by atoms with Crippen LogP contribution >= 0.6 is 15.9 Å². The van der Waals surface area contributed by atoms with Gasteiger partial charge >= 0.3 is 0 Å². The van der Waals surface area contributed by atoms with Crippen molar-refractivity contribution in [3.8, 4) is 5.75 Å². The van der Waals surface area contributed by atoms with E-state index in [0.29, 0.717) is 5.75 Å². The van der Waals surface area contributed by atoms with Crippen molar-refractivity contribution >= 4 is 38.8 Å². The number of aryl methyl sites for hydroxylation is 1. The van der Waals surface area contributed by atoms with Crippen LogP contribution in [0.25, 0.3) is 10.8 Å². The monoisotopic (exact) mass is 436 g/mol. The summed E-state index contributed by atoms with van der Waals surface area (Å²) in [6.45, 7) is -0.0791. The molecule has 0 fully saturated rings. The number of hydrazone groups is 1. The van der Waals surface area contributed by atoms with Crippen molar-refractivity contribution in [3.63, 3.8) is 0 Å². The highest BCUT2D eigenvalue weighted by Crippen LogP contribution is 2.35. The number of ether oxygens (including phenoxy) is 1. The molecule has 0 aliphatic heterocycles. The summed E-state index contributed by atoms with van der Waals surface area (Å²) in [4.78, 5) is 12.1. The zero-order chi connectivity index (χ0) is 19.3. The number of hydrogen-bond acceptors (Lipinski definition) is 3. The minimum atomic E-state index is -0.291. The molecular formula is C23H21BrN2O2. The molecule has 1 amide bonds. The minimum absolute atomic E-state index is 0.0791. The summed E-state index contributed by atoms with van der Waals surface area (Å²) in [7, 11) is 0. The van der Waals surface area contributed by atoms with Gasteiger partial charge in [-0.1, -0.05) is 48.5 Å². The van der Waals surface area contributed by atoms with E-state index in [2.05, 4.69) is 44.7 Å². The quantitative estimate of drug-likeness (QED) is 0.451. The molecule has 1 aliphatic carbocycles. The zero-order valence-electron chi connectivity index (χ0n) is 15.5. The molecule has 1 aliphatic rings. The third kappa shape index (κ3) is 4.09. The molecule has 5 heteroatoms. The van der Waals surface area contributed by atoms with Crippen molar-refractivity contribution in [3.05, 3.63) is 75.8 Å². The Morgan fingerprint density at radius 2 is 1.89 bits per heavy atom. The third-order valence-electron chi connectivity index (χ3n) is 5.00. The minimum Gasteiger partial charge on any atom is -0.483 e. The van der Waals surface area contributed by atoms with Crippen LogP contribution in [-0.2, 0) is 17.6 Å². The first-order chi connectivity index (χ1) is 13.7. The van der Waals surface area contributed by atoms with Crippen molar-refractivity contribution in [2.75, 3.05) is 6.61 Å². The lowest BCUT2D eigenvalue weighted by Crippen LogP contribution is -2.24. The van der Waals surface area contributed by atoms with Gasteiger partial charge in [-0.3, -0.25) is 4.79 Å². The van der Waals surface area contributed by atoms with Crippen LogP contribution in [0.2, 0.25) is 0 Å². The van der Waals surface area contributed by atoms with Gasteiger partial charge in [0.25, 0.3) is 5.91 Å². The molecule has 0 unspecified atom stereocenters. The van der Waals surface area contributed by atoms with Gasteiger partial charge in [0.1, 0.15) is 5.75 Å². The fourth-order valence-corrected chi connectivity index (χ4v) is 4.28. The van der Waals surface area contributed by atoms with Gasteiger partial charge < -0.3 is 4.74 Å². The first-order valence-electron chi connectivity index (χ1n) is 9.45. The highest BCUT2D eigenvalue weighted by Gasteiger charge is 2.16. The van der Waals surface area contributed by atoms with Crippen molar-refractivity contribution in [1.82, 2.24) is 5.43 Å². The molecule has 0 saturated heterocycles. The summed E-state index contributed by atoms with van der Waals surface area (Å²) in [5.74, 6) is 0.412. The van der Waals surface area contributed by atoms with Gasteiger partial charge in [0.15, 0.2) is 6.61 Å². The largest absolute Gasteiger partial charge is 0.483 e. The van der Waals surface area contributed by atoms with Crippen molar-refractivity contribution in [1.29, 1.82) is 0 Å². The van der Waals surface area contributed by atoms with Gasteiger partial charge in [0.05, 0.1) is 10.7 Å². The van der Waals surface area contributed by atoms with E-state index in [0.717, 1.165) is 33.7 Å². The second kappa shape index (κ2) is 8.57. The summed E-state index contributed by atoms with van der Waals surface area (Å²) in [6, 6.07) is 18.1. The van der Waals surface area contributed by atoms with Crippen molar-refractivity contribution in [2.24, 2.45) is 5.10 Å². The summed E-state index contributed by atoms with van der Waals surface area (Å²) in [6.07, 6.45) is 6.25. The Kier molecular flexibility index (Phi) is 5.72. The zero-order valence-corrected chi connectivity index (χ0v) is 17.0. The SMILES string of the molecule is O=C(COc1ccc2c(c1Br)CCCC2)N/N=C\c1cccc2ccccc12. The second-order valence-electron chi connectivity index (χ2n) is 6.87. The third-order valence-corrected chi connectivity index (χ3v) is 5.87. The summed E-state index contributed by atoms with van der Waals surface area (Å²) in [5.41, 5.74) is 6.17. The van der Waals surface area contributed by atoms with Crippen LogP contribution in [0.4, 0.5) is 0 Å². The Labute approximate surface area is 172 Å². The van der Waals surface area contributed by atoms with Gasteiger partial charge in [-0.05, 0) is 69.6 Å². The van der Waals surface area contributed by atoms with E-state index in [1.807, 2.05) is 36.4 Å². The van der Waals surface area contributed by atoms with E-state index in [9.17, 15) is 4.79 Å². The number of halogens is 1. The van der Waals surface area contributed by atoms with E-state index < -0.39 is 0 Å². The number of hydrogen-bond donors (Lipinski definition) is 1. The van der Waals surface area contributed by atoms with Crippen LogP contribution in [0, 0.1) is 0 Å². The lowest BCUT2D eigenvalue weighted by molar-refractivity contribution is -0.123. The fourth-order valence-electron chi connectivity index (χ4n) is 3.59. The van der Waals surface area contributed by atoms with Crippen LogP contribution in [0.3, 0.4) is 0 Å². The molecule has 3 aromatic carbocycles. The van der Waals surface area contributed by atoms with Crippen molar-refractivity contribution in [2.45, 2.75) is 25.7 Å².